The molecule has 0 amide bonds. The molecule has 3 rings (SSSR count). The van der Waals surface area contributed by atoms with Crippen LogP contribution in [0.4, 0.5) is 5.69 Å². The van der Waals surface area contributed by atoms with Gasteiger partial charge in [-0.25, -0.2) is 0 Å². The van der Waals surface area contributed by atoms with E-state index < -0.39 is 0 Å². The van der Waals surface area contributed by atoms with Gasteiger partial charge in [0.15, 0.2) is 0 Å². The summed E-state index contributed by atoms with van der Waals surface area (Å²) in [5.74, 6) is 1.78. The van der Waals surface area contributed by atoms with Gasteiger partial charge in [0.1, 0.15) is 18.5 Å². The van der Waals surface area contributed by atoms with E-state index in [0.29, 0.717) is 12.7 Å². The first-order valence-corrected chi connectivity index (χ1v) is 6.91. The van der Waals surface area contributed by atoms with Gasteiger partial charge in [0, 0.05) is 13.1 Å². The van der Waals surface area contributed by atoms with Crippen molar-refractivity contribution in [3.63, 3.8) is 0 Å². The molecule has 3 heteroatoms. The molecule has 2 aliphatic heterocycles. The zero-order chi connectivity index (χ0) is 12.4. The summed E-state index contributed by atoms with van der Waals surface area (Å²) in [5.41, 5.74) is 1.24. The lowest BCUT2D eigenvalue weighted by Crippen LogP contribution is -2.34. The molecule has 2 heterocycles. The van der Waals surface area contributed by atoms with E-state index in [2.05, 4.69) is 30.0 Å². The largest absolute Gasteiger partial charge is 0.489 e. The van der Waals surface area contributed by atoms with Gasteiger partial charge in [0.25, 0.3) is 0 Å². The second kappa shape index (κ2) is 5.19. The van der Waals surface area contributed by atoms with Crippen LogP contribution in [0.25, 0.3) is 0 Å². The SMILES string of the molecule is CC1CCCN(c2ccccc2OCC2CO2)C1. The van der Waals surface area contributed by atoms with Crippen LogP contribution in [-0.4, -0.2) is 32.4 Å². The highest BCUT2D eigenvalue weighted by Crippen LogP contribution is 2.32. The Labute approximate surface area is 109 Å². The minimum Gasteiger partial charge on any atom is -0.489 e. The first-order valence-electron chi connectivity index (χ1n) is 6.91. The molecule has 0 aliphatic carbocycles. The van der Waals surface area contributed by atoms with Crippen molar-refractivity contribution >= 4 is 5.69 Å². The summed E-state index contributed by atoms with van der Waals surface area (Å²) in [7, 11) is 0. The standard InChI is InChI=1S/C15H21NO2/c1-12-5-4-8-16(9-12)14-6-2-3-7-15(14)18-11-13-10-17-13/h2-3,6-7,12-13H,4-5,8-11H2,1H3. The highest BCUT2D eigenvalue weighted by molar-refractivity contribution is 5.58. The number of anilines is 1. The maximum absolute atomic E-state index is 5.88. The summed E-state index contributed by atoms with van der Waals surface area (Å²) in [4.78, 5) is 2.46. The Hall–Kier alpha value is -1.22. The topological polar surface area (TPSA) is 25.0 Å². The quantitative estimate of drug-likeness (QED) is 0.765. The molecule has 2 fully saturated rings. The van der Waals surface area contributed by atoms with Gasteiger partial charge < -0.3 is 14.4 Å². The molecule has 2 saturated heterocycles. The Morgan fingerprint density at radius 1 is 1.39 bits per heavy atom. The van der Waals surface area contributed by atoms with Crippen LogP contribution < -0.4 is 9.64 Å². The monoisotopic (exact) mass is 247 g/mol. The summed E-state index contributed by atoms with van der Waals surface area (Å²) in [5, 5.41) is 0. The summed E-state index contributed by atoms with van der Waals surface area (Å²) >= 11 is 0. The Bertz CT molecular complexity index is 403. The van der Waals surface area contributed by atoms with Crippen LogP contribution >= 0.6 is 0 Å². The van der Waals surface area contributed by atoms with E-state index in [1.807, 2.05) is 6.07 Å². The van der Waals surface area contributed by atoms with Crippen LogP contribution in [0.2, 0.25) is 0 Å². The van der Waals surface area contributed by atoms with E-state index in [4.69, 9.17) is 9.47 Å². The van der Waals surface area contributed by atoms with Crippen LogP contribution in [0.5, 0.6) is 5.75 Å². The second-order valence-electron chi connectivity index (χ2n) is 5.43. The normalized spacial score (nSPS) is 27.1. The van der Waals surface area contributed by atoms with Crippen LogP contribution in [0.15, 0.2) is 24.3 Å². The molecule has 1 aromatic rings. The van der Waals surface area contributed by atoms with Crippen LogP contribution in [0.1, 0.15) is 19.8 Å². The van der Waals surface area contributed by atoms with Crippen molar-refractivity contribution in [3.05, 3.63) is 24.3 Å². The molecular weight excluding hydrogens is 226 g/mol. The van der Waals surface area contributed by atoms with E-state index >= 15 is 0 Å². The molecule has 3 nitrogen and oxygen atoms in total. The average Bonchev–Trinajstić information content (AvgIpc) is 3.21. The van der Waals surface area contributed by atoms with Gasteiger partial charge in [-0.05, 0) is 30.9 Å². The Kier molecular flexibility index (Phi) is 3.41. The van der Waals surface area contributed by atoms with E-state index in [9.17, 15) is 0 Å². The maximum Gasteiger partial charge on any atom is 0.142 e. The highest BCUT2D eigenvalue weighted by atomic mass is 16.6. The minimum absolute atomic E-state index is 0.318. The third-order valence-electron chi connectivity index (χ3n) is 3.69. The Morgan fingerprint density at radius 2 is 2.22 bits per heavy atom. The van der Waals surface area contributed by atoms with Crippen LogP contribution in [-0.2, 0) is 4.74 Å². The molecule has 2 unspecified atom stereocenters. The molecule has 1 aromatic carbocycles. The lowest BCUT2D eigenvalue weighted by Gasteiger charge is -2.33. The number of benzene rings is 1. The van der Waals surface area contributed by atoms with Gasteiger partial charge in [-0.2, -0.15) is 0 Å². The van der Waals surface area contributed by atoms with Crippen molar-refractivity contribution in [2.75, 3.05) is 31.2 Å². The van der Waals surface area contributed by atoms with Gasteiger partial charge >= 0.3 is 0 Å². The zero-order valence-electron chi connectivity index (χ0n) is 11.0. The zero-order valence-corrected chi connectivity index (χ0v) is 11.0. The van der Waals surface area contributed by atoms with Crippen LogP contribution in [0, 0.1) is 5.92 Å². The molecule has 98 valence electrons. The Morgan fingerprint density at radius 3 is 3.00 bits per heavy atom. The van der Waals surface area contributed by atoms with E-state index in [0.717, 1.165) is 31.4 Å². The predicted molar refractivity (Wildman–Crippen MR) is 72.3 cm³/mol. The molecule has 18 heavy (non-hydrogen) atoms. The molecule has 0 bridgehead atoms. The number of epoxide rings is 1. The number of ether oxygens (including phenoxy) is 2. The number of rotatable bonds is 4. The number of hydrogen-bond donors (Lipinski definition) is 0. The maximum atomic E-state index is 5.88. The fourth-order valence-electron chi connectivity index (χ4n) is 2.60. The third-order valence-corrected chi connectivity index (χ3v) is 3.69. The fraction of sp³-hybridized carbons (Fsp3) is 0.600. The molecule has 0 saturated carbocycles. The predicted octanol–water partition coefficient (Wildman–Crippen LogP) is 2.70. The van der Waals surface area contributed by atoms with Crippen LogP contribution in [0.3, 0.4) is 0 Å². The van der Waals surface area contributed by atoms with Crippen molar-refractivity contribution in [2.24, 2.45) is 5.92 Å². The fourth-order valence-corrected chi connectivity index (χ4v) is 2.60. The lowest BCUT2D eigenvalue weighted by molar-refractivity contribution is 0.262. The van der Waals surface area contributed by atoms with E-state index in [1.54, 1.807) is 0 Å². The summed E-state index contributed by atoms with van der Waals surface area (Å²) in [6, 6.07) is 8.37. The number of nitrogens with zero attached hydrogens (tertiary/aromatic N) is 1. The number of para-hydroxylation sites is 2. The van der Waals surface area contributed by atoms with Gasteiger partial charge in [-0.1, -0.05) is 19.1 Å². The summed E-state index contributed by atoms with van der Waals surface area (Å²) in [6.07, 6.45) is 2.94. The summed E-state index contributed by atoms with van der Waals surface area (Å²) < 4.78 is 11.1. The molecular formula is C15H21NO2. The first-order chi connectivity index (χ1) is 8.83. The molecule has 0 spiro atoms. The van der Waals surface area contributed by atoms with Gasteiger partial charge in [-0.3, -0.25) is 0 Å². The van der Waals surface area contributed by atoms with E-state index in [1.165, 1.54) is 18.5 Å². The second-order valence-corrected chi connectivity index (χ2v) is 5.43. The van der Waals surface area contributed by atoms with Gasteiger partial charge in [-0.15, -0.1) is 0 Å². The van der Waals surface area contributed by atoms with Gasteiger partial charge in [0.05, 0.1) is 12.3 Å². The van der Waals surface area contributed by atoms with Crippen molar-refractivity contribution in [1.82, 2.24) is 0 Å². The lowest BCUT2D eigenvalue weighted by atomic mass is 9.99. The van der Waals surface area contributed by atoms with Crippen molar-refractivity contribution in [3.8, 4) is 5.75 Å². The smallest absolute Gasteiger partial charge is 0.142 e. The molecule has 0 N–H and O–H groups in total. The number of piperidine rings is 1. The molecule has 0 aromatic heterocycles. The van der Waals surface area contributed by atoms with Crippen molar-refractivity contribution < 1.29 is 9.47 Å². The molecule has 2 atom stereocenters. The highest BCUT2D eigenvalue weighted by Gasteiger charge is 2.24. The minimum atomic E-state index is 0.318. The summed E-state index contributed by atoms with van der Waals surface area (Å²) in [6.45, 7) is 6.14. The van der Waals surface area contributed by atoms with Crippen molar-refractivity contribution in [1.29, 1.82) is 0 Å². The van der Waals surface area contributed by atoms with E-state index in [-0.39, 0.29) is 0 Å². The molecule has 2 aliphatic rings. The van der Waals surface area contributed by atoms with Gasteiger partial charge in [0.2, 0.25) is 0 Å². The average molecular weight is 247 g/mol. The Balaban J connectivity index is 1.72. The molecule has 0 radical (unpaired) electrons. The number of hydrogen-bond acceptors (Lipinski definition) is 3. The van der Waals surface area contributed by atoms with Crippen molar-refractivity contribution in [2.45, 2.75) is 25.9 Å². The first kappa shape index (κ1) is 11.8. The third kappa shape index (κ3) is 2.78.